The summed E-state index contributed by atoms with van der Waals surface area (Å²) in [6.07, 6.45) is 2.82. The van der Waals surface area contributed by atoms with Crippen LogP contribution in [0.15, 0.2) is 34.1 Å². The van der Waals surface area contributed by atoms with Crippen LogP contribution < -0.4 is 15.6 Å². The first kappa shape index (κ1) is 18.7. The van der Waals surface area contributed by atoms with Gasteiger partial charge in [0.15, 0.2) is 0 Å². The maximum Gasteiger partial charge on any atom is 0.340 e. The Hall–Kier alpha value is -2.69. The number of ether oxygens (including phenoxy) is 1. The molecule has 28 heavy (non-hydrogen) atoms. The normalized spacial score (nSPS) is 15.9. The second kappa shape index (κ2) is 7.04. The first-order valence-corrected chi connectivity index (χ1v) is 10.4. The largest absolute Gasteiger partial charge is 0.465 e. The lowest BCUT2D eigenvalue weighted by Crippen LogP contribution is -2.42. The van der Waals surface area contributed by atoms with Crippen molar-refractivity contribution in [2.45, 2.75) is 23.8 Å². The van der Waals surface area contributed by atoms with E-state index in [-0.39, 0.29) is 22.0 Å². The number of methoxy groups -OCH3 is 1. The van der Waals surface area contributed by atoms with E-state index >= 15 is 0 Å². The molecule has 0 unspecified atom stereocenters. The maximum atomic E-state index is 12.9. The van der Waals surface area contributed by atoms with Crippen molar-refractivity contribution in [2.24, 2.45) is 0 Å². The Morgan fingerprint density at radius 2 is 2.00 bits per heavy atom. The predicted octanol–water partition coefficient (Wildman–Crippen LogP) is 0.826. The molecule has 4 N–H and O–H groups in total. The van der Waals surface area contributed by atoms with Gasteiger partial charge in [0, 0.05) is 28.5 Å². The van der Waals surface area contributed by atoms with Crippen LogP contribution in [0.4, 0.5) is 0 Å². The highest BCUT2D eigenvalue weighted by Crippen LogP contribution is 2.27. The monoisotopic (exact) mass is 404 g/mol. The molecule has 0 aliphatic carbocycles. The van der Waals surface area contributed by atoms with Crippen molar-refractivity contribution < 1.29 is 17.9 Å². The van der Waals surface area contributed by atoms with E-state index < -0.39 is 21.6 Å². The van der Waals surface area contributed by atoms with E-state index in [1.165, 1.54) is 31.5 Å². The van der Waals surface area contributed by atoms with Gasteiger partial charge in [-0.25, -0.2) is 17.9 Å². The number of piperidine rings is 1. The van der Waals surface area contributed by atoms with Crippen LogP contribution in [0.5, 0.6) is 0 Å². The highest BCUT2D eigenvalue weighted by molar-refractivity contribution is 7.89. The summed E-state index contributed by atoms with van der Waals surface area (Å²) in [5.41, 5.74) is 0.396. The summed E-state index contributed by atoms with van der Waals surface area (Å²) in [4.78, 5) is 29.9. The molecule has 4 rings (SSSR count). The van der Waals surface area contributed by atoms with Crippen molar-refractivity contribution in [3.63, 3.8) is 0 Å². The lowest BCUT2D eigenvalue weighted by molar-refractivity contribution is 0.0603. The van der Waals surface area contributed by atoms with E-state index in [1.54, 1.807) is 0 Å². The van der Waals surface area contributed by atoms with Gasteiger partial charge in [-0.2, -0.15) is 0 Å². The van der Waals surface area contributed by atoms with E-state index in [0.717, 1.165) is 13.1 Å². The Morgan fingerprint density at radius 1 is 1.25 bits per heavy atom. The first-order valence-electron chi connectivity index (χ1n) is 8.89. The molecule has 1 aromatic carbocycles. The number of aromatic nitrogens is 2. The molecule has 10 heteroatoms. The second-order valence-corrected chi connectivity index (χ2v) is 8.46. The quantitative estimate of drug-likeness (QED) is 0.476. The molecule has 148 valence electrons. The van der Waals surface area contributed by atoms with E-state index in [1.807, 2.05) is 0 Å². The SMILES string of the molecule is COC(=O)c1c[nH]c2c(=O)[nH]c3ccc(S(=O)(=O)NC4CCNCC4)cc3c12. The third kappa shape index (κ3) is 3.19. The zero-order chi connectivity index (χ0) is 19.9. The lowest BCUT2D eigenvalue weighted by atomic mass is 10.1. The zero-order valence-corrected chi connectivity index (χ0v) is 16.0. The van der Waals surface area contributed by atoms with Crippen LogP contribution in [0.25, 0.3) is 21.8 Å². The number of benzene rings is 1. The minimum Gasteiger partial charge on any atom is -0.465 e. The molecule has 1 aliphatic heterocycles. The van der Waals surface area contributed by atoms with Gasteiger partial charge < -0.3 is 20.0 Å². The summed E-state index contributed by atoms with van der Waals surface area (Å²) in [5, 5.41) is 3.98. The molecule has 2 aromatic heterocycles. The van der Waals surface area contributed by atoms with Crippen molar-refractivity contribution >= 4 is 37.8 Å². The molecule has 0 radical (unpaired) electrons. The van der Waals surface area contributed by atoms with Gasteiger partial charge in [0.05, 0.1) is 17.6 Å². The molecular formula is C18H20N4O5S. The minimum absolute atomic E-state index is 0.0731. The fraction of sp³-hybridized carbons (Fsp3) is 0.333. The summed E-state index contributed by atoms with van der Waals surface area (Å²) in [6, 6.07) is 4.31. The Morgan fingerprint density at radius 3 is 2.71 bits per heavy atom. The predicted molar refractivity (Wildman–Crippen MR) is 104 cm³/mol. The summed E-state index contributed by atoms with van der Waals surface area (Å²) in [7, 11) is -2.50. The number of carbonyl (C=O) groups is 1. The average molecular weight is 404 g/mol. The minimum atomic E-state index is -3.75. The Balaban J connectivity index is 1.86. The van der Waals surface area contributed by atoms with Crippen LogP contribution in [0.1, 0.15) is 23.2 Å². The fourth-order valence-corrected chi connectivity index (χ4v) is 4.90. The smallest absolute Gasteiger partial charge is 0.340 e. The molecule has 3 aromatic rings. The highest BCUT2D eigenvalue weighted by atomic mass is 32.2. The number of hydrogen-bond acceptors (Lipinski definition) is 6. The third-order valence-corrected chi connectivity index (χ3v) is 6.51. The summed E-state index contributed by atoms with van der Waals surface area (Å²) in [6.45, 7) is 1.53. The van der Waals surface area contributed by atoms with Crippen molar-refractivity contribution in [3.8, 4) is 0 Å². The van der Waals surface area contributed by atoms with Crippen LogP contribution in [0.3, 0.4) is 0 Å². The van der Waals surface area contributed by atoms with E-state index in [2.05, 4.69) is 20.0 Å². The summed E-state index contributed by atoms with van der Waals surface area (Å²) >= 11 is 0. The number of fused-ring (bicyclic) bond motifs is 3. The van der Waals surface area contributed by atoms with Gasteiger partial charge in [-0.05, 0) is 44.1 Å². The molecule has 0 spiro atoms. The van der Waals surface area contributed by atoms with E-state index in [9.17, 15) is 18.0 Å². The van der Waals surface area contributed by atoms with Gasteiger partial charge >= 0.3 is 5.97 Å². The number of rotatable bonds is 4. The number of sulfonamides is 1. The Kier molecular flexibility index (Phi) is 4.69. The second-order valence-electron chi connectivity index (χ2n) is 6.75. The standard InChI is InChI=1S/C18H20N4O5S/c1-27-18(24)13-9-20-16-15(13)12-8-11(2-3-14(12)21-17(16)23)28(25,26)22-10-4-6-19-7-5-10/h2-3,8-10,19-20,22H,4-7H2,1H3,(H,21,23). The van der Waals surface area contributed by atoms with Crippen LogP contribution in [0.2, 0.25) is 0 Å². The van der Waals surface area contributed by atoms with E-state index in [4.69, 9.17) is 4.74 Å². The molecule has 1 saturated heterocycles. The van der Waals surface area contributed by atoms with Gasteiger partial charge in [0.25, 0.3) is 5.56 Å². The van der Waals surface area contributed by atoms with Crippen LogP contribution in [-0.2, 0) is 14.8 Å². The van der Waals surface area contributed by atoms with Gasteiger partial charge in [-0.1, -0.05) is 0 Å². The molecule has 0 amide bonds. The number of H-pyrrole nitrogens is 2. The van der Waals surface area contributed by atoms with Gasteiger partial charge in [-0.15, -0.1) is 0 Å². The molecule has 0 bridgehead atoms. The molecule has 3 heterocycles. The van der Waals surface area contributed by atoms with Crippen molar-refractivity contribution in [3.05, 3.63) is 40.3 Å². The topological polar surface area (TPSA) is 133 Å². The number of aromatic amines is 2. The van der Waals surface area contributed by atoms with Crippen molar-refractivity contribution in [1.29, 1.82) is 0 Å². The van der Waals surface area contributed by atoms with Crippen LogP contribution in [-0.4, -0.2) is 50.6 Å². The number of pyridine rings is 1. The molecule has 1 fully saturated rings. The summed E-state index contributed by atoms with van der Waals surface area (Å²) < 4.78 is 33.2. The third-order valence-electron chi connectivity index (χ3n) is 4.99. The molecular weight excluding hydrogens is 384 g/mol. The van der Waals surface area contributed by atoms with Crippen molar-refractivity contribution in [1.82, 2.24) is 20.0 Å². The summed E-state index contributed by atoms with van der Waals surface area (Å²) in [5.74, 6) is -0.612. The Labute approximate surface area is 160 Å². The Bertz CT molecular complexity index is 1220. The first-order chi connectivity index (χ1) is 13.4. The highest BCUT2D eigenvalue weighted by Gasteiger charge is 2.23. The van der Waals surface area contributed by atoms with Crippen LogP contribution >= 0.6 is 0 Å². The molecule has 0 atom stereocenters. The number of hydrogen-bond donors (Lipinski definition) is 4. The zero-order valence-electron chi connectivity index (χ0n) is 15.2. The number of esters is 1. The molecule has 1 aliphatic rings. The number of carbonyl (C=O) groups excluding carboxylic acids is 1. The average Bonchev–Trinajstić information content (AvgIpc) is 3.14. The number of nitrogens with one attached hydrogen (secondary N) is 4. The maximum absolute atomic E-state index is 12.9. The van der Waals surface area contributed by atoms with Gasteiger partial charge in [0.1, 0.15) is 5.52 Å². The fourth-order valence-electron chi connectivity index (χ4n) is 3.57. The molecule has 9 nitrogen and oxygen atoms in total. The lowest BCUT2D eigenvalue weighted by Gasteiger charge is -2.23. The van der Waals surface area contributed by atoms with E-state index in [0.29, 0.717) is 29.1 Å². The molecule has 0 saturated carbocycles. The van der Waals surface area contributed by atoms with Crippen LogP contribution in [0, 0.1) is 0 Å². The van der Waals surface area contributed by atoms with Crippen molar-refractivity contribution in [2.75, 3.05) is 20.2 Å². The van der Waals surface area contributed by atoms with Gasteiger partial charge in [0.2, 0.25) is 10.0 Å². The van der Waals surface area contributed by atoms with Gasteiger partial charge in [-0.3, -0.25) is 4.79 Å².